The first kappa shape index (κ1) is 29.8. The number of hydrogen-bond acceptors (Lipinski definition) is 10. The average molecular weight is 557 g/mol. The Morgan fingerprint density at radius 2 is 1.75 bits per heavy atom. The number of ketones is 4. The van der Waals surface area contributed by atoms with Gasteiger partial charge < -0.3 is 26.2 Å². The first-order valence-electron chi connectivity index (χ1n) is 13.5. The zero-order valence-electron chi connectivity index (χ0n) is 24.2. The first-order valence-corrected chi connectivity index (χ1v) is 13.5. The molecular formula is C29H40N4O7. The lowest BCUT2D eigenvalue weighted by Crippen LogP contribution is -2.74. The SMILES string of the molecule is CN(C)c1cc(CNCC(C)(C)C)c(O)c2c1CC1CC3[C@H](N(C)C)C(=O)C(C(N)=O)C(=O)[C@@]3(O)C(=O)C1C2=O. The fourth-order valence-electron chi connectivity index (χ4n) is 6.81. The zero-order valence-corrected chi connectivity index (χ0v) is 24.2. The van der Waals surface area contributed by atoms with Crippen LogP contribution in [0.4, 0.5) is 5.69 Å². The number of hydrogen-bond donors (Lipinski definition) is 4. The maximum atomic E-state index is 14.0. The molecule has 3 aliphatic carbocycles. The molecule has 11 nitrogen and oxygen atoms in total. The molecule has 2 fully saturated rings. The number of nitrogens with zero attached hydrogens (tertiary/aromatic N) is 2. The van der Waals surface area contributed by atoms with Crippen molar-refractivity contribution in [2.45, 2.75) is 51.8 Å². The molecule has 1 aromatic rings. The highest BCUT2D eigenvalue weighted by atomic mass is 16.3. The lowest BCUT2D eigenvalue weighted by Gasteiger charge is -2.52. The molecule has 2 saturated carbocycles. The summed E-state index contributed by atoms with van der Waals surface area (Å²) < 4.78 is 0. The smallest absolute Gasteiger partial charge is 0.235 e. The van der Waals surface area contributed by atoms with Crippen LogP contribution in [0.3, 0.4) is 0 Å². The highest BCUT2D eigenvalue weighted by molar-refractivity contribution is 6.32. The topological polar surface area (TPSA) is 170 Å². The summed E-state index contributed by atoms with van der Waals surface area (Å²) in [4.78, 5) is 70.1. The van der Waals surface area contributed by atoms with Crippen LogP contribution < -0.4 is 16.0 Å². The molecule has 4 rings (SSSR count). The van der Waals surface area contributed by atoms with Crippen LogP contribution >= 0.6 is 0 Å². The van der Waals surface area contributed by atoms with Crippen LogP contribution in [0.2, 0.25) is 0 Å². The lowest BCUT2D eigenvalue weighted by atomic mass is 9.52. The van der Waals surface area contributed by atoms with Crippen molar-refractivity contribution in [3.63, 3.8) is 0 Å². The van der Waals surface area contributed by atoms with Crippen LogP contribution in [-0.4, -0.2) is 90.5 Å². The van der Waals surface area contributed by atoms with Gasteiger partial charge in [0, 0.05) is 44.4 Å². The predicted molar refractivity (Wildman–Crippen MR) is 147 cm³/mol. The summed E-state index contributed by atoms with van der Waals surface area (Å²) in [6.45, 7) is 7.14. The molecule has 0 saturated heterocycles. The van der Waals surface area contributed by atoms with Crippen LogP contribution in [0.1, 0.15) is 48.7 Å². The number of likely N-dealkylation sites (N-methyl/N-ethyl adjacent to an activating group) is 1. The number of phenolic OH excluding ortho intramolecular Hbond substituents is 1. The van der Waals surface area contributed by atoms with Crippen molar-refractivity contribution in [3.05, 3.63) is 22.8 Å². The monoisotopic (exact) mass is 556 g/mol. The zero-order chi connectivity index (χ0) is 30.1. The largest absolute Gasteiger partial charge is 0.507 e. The van der Waals surface area contributed by atoms with Crippen molar-refractivity contribution in [3.8, 4) is 5.75 Å². The Kier molecular flexibility index (Phi) is 7.49. The van der Waals surface area contributed by atoms with Crippen molar-refractivity contribution in [2.24, 2.45) is 34.8 Å². The van der Waals surface area contributed by atoms with E-state index in [1.54, 1.807) is 14.1 Å². The third-order valence-corrected chi connectivity index (χ3v) is 8.57. The van der Waals surface area contributed by atoms with Gasteiger partial charge in [0.05, 0.1) is 17.5 Å². The van der Waals surface area contributed by atoms with Gasteiger partial charge in [0.1, 0.15) is 5.75 Å². The molecule has 0 heterocycles. The summed E-state index contributed by atoms with van der Waals surface area (Å²) in [6, 6.07) is 0.700. The minimum atomic E-state index is -2.73. The number of Topliss-reactive ketones (excluding diaryl/α,β-unsaturated/α-hetero) is 4. The van der Waals surface area contributed by atoms with Gasteiger partial charge in [-0.1, -0.05) is 20.8 Å². The summed E-state index contributed by atoms with van der Waals surface area (Å²) in [6.07, 6.45) is 0.245. The van der Waals surface area contributed by atoms with E-state index in [0.717, 1.165) is 0 Å². The molecule has 1 amide bonds. The maximum absolute atomic E-state index is 14.0. The molecular weight excluding hydrogens is 516 g/mol. The van der Waals surface area contributed by atoms with E-state index >= 15 is 0 Å². The summed E-state index contributed by atoms with van der Waals surface area (Å²) in [5, 5.41) is 26.3. The Morgan fingerprint density at radius 1 is 1.12 bits per heavy atom. The van der Waals surface area contributed by atoms with Crippen LogP contribution in [0, 0.1) is 29.1 Å². The Labute approximate surface area is 234 Å². The number of nitrogens with one attached hydrogen (secondary N) is 1. The first-order chi connectivity index (χ1) is 18.4. The Bertz CT molecular complexity index is 1300. The highest BCUT2D eigenvalue weighted by Crippen LogP contribution is 2.52. The van der Waals surface area contributed by atoms with Crippen molar-refractivity contribution in [1.82, 2.24) is 10.2 Å². The van der Waals surface area contributed by atoms with E-state index in [0.29, 0.717) is 23.4 Å². The van der Waals surface area contributed by atoms with Gasteiger partial charge in [0.15, 0.2) is 34.7 Å². The standard InChI is InChI=1S/C29H40N4O7/c1-28(2,3)12-31-11-14-10-17(32(4)5)15-8-13-9-16-21(33(6)7)24(36)20(27(30)39)26(38)29(16,40)25(37)18(13)23(35)19(15)22(14)34/h10,13,16,18,20-21,31,34,40H,8-9,11-12H2,1-7H3,(H2,30,39)/t13?,16?,18?,20?,21-,29-/m0/s1. The molecule has 218 valence electrons. The highest BCUT2D eigenvalue weighted by Gasteiger charge is 2.69. The molecule has 4 unspecified atom stereocenters. The van der Waals surface area contributed by atoms with E-state index in [4.69, 9.17) is 5.73 Å². The van der Waals surface area contributed by atoms with E-state index in [9.17, 15) is 34.2 Å². The Morgan fingerprint density at radius 3 is 2.27 bits per heavy atom. The second kappa shape index (κ2) is 10.0. The molecule has 0 aliphatic heterocycles. The number of benzene rings is 1. The lowest BCUT2D eigenvalue weighted by molar-refractivity contribution is -0.181. The second-order valence-corrected chi connectivity index (χ2v) is 13.1. The van der Waals surface area contributed by atoms with Crippen molar-refractivity contribution in [1.29, 1.82) is 0 Å². The fourth-order valence-corrected chi connectivity index (χ4v) is 6.81. The number of rotatable bonds is 6. The summed E-state index contributed by atoms with van der Waals surface area (Å²) in [5.41, 5.74) is 4.41. The molecule has 1 aromatic carbocycles. The number of aromatic hydroxyl groups is 1. The number of aliphatic hydroxyl groups is 1. The molecule has 3 aliphatic rings. The number of carbonyl (C=O) groups excluding carboxylic acids is 5. The van der Waals surface area contributed by atoms with Gasteiger partial charge >= 0.3 is 0 Å². The van der Waals surface area contributed by atoms with Gasteiger partial charge in [-0.3, -0.25) is 28.9 Å². The molecule has 5 N–H and O–H groups in total. The predicted octanol–water partition coefficient (Wildman–Crippen LogP) is 0.0687. The van der Waals surface area contributed by atoms with Gasteiger partial charge in [-0.05, 0) is 49.9 Å². The average Bonchev–Trinajstić information content (AvgIpc) is 2.81. The maximum Gasteiger partial charge on any atom is 0.235 e. The molecule has 40 heavy (non-hydrogen) atoms. The molecule has 11 heteroatoms. The number of phenols is 1. The van der Waals surface area contributed by atoms with Gasteiger partial charge in [-0.25, -0.2) is 0 Å². The van der Waals surface area contributed by atoms with Crippen molar-refractivity contribution in [2.75, 3.05) is 39.6 Å². The fraction of sp³-hybridized carbons (Fsp3) is 0.621. The molecule has 0 bridgehead atoms. The van der Waals surface area contributed by atoms with E-state index in [1.165, 1.54) is 4.90 Å². The summed E-state index contributed by atoms with van der Waals surface area (Å²) in [5.74, 6) is -10.4. The number of carbonyl (C=O) groups is 5. The normalized spacial score (nSPS) is 30.2. The van der Waals surface area contributed by atoms with Gasteiger partial charge in [-0.15, -0.1) is 0 Å². The number of amides is 1. The van der Waals surface area contributed by atoms with Crippen LogP contribution in [0.15, 0.2) is 6.07 Å². The Hall–Kier alpha value is -3.15. The van der Waals surface area contributed by atoms with Crippen molar-refractivity contribution < 1.29 is 34.2 Å². The third-order valence-electron chi connectivity index (χ3n) is 8.57. The summed E-state index contributed by atoms with van der Waals surface area (Å²) >= 11 is 0. The number of fused-ring (bicyclic) bond motifs is 3. The molecule has 0 radical (unpaired) electrons. The van der Waals surface area contributed by atoms with Gasteiger partial charge in [0.25, 0.3) is 0 Å². The molecule has 0 aromatic heterocycles. The van der Waals surface area contributed by atoms with E-state index in [1.807, 2.05) is 25.1 Å². The minimum absolute atomic E-state index is 0.00496. The van der Waals surface area contributed by atoms with Crippen LogP contribution in [0.5, 0.6) is 5.75 Å². The number of nitrogens with two attached hydrogens (primary N) is 1. The van der Waals surface area contributed by atoms with Crippen LogP contribution in [-0.2, 0) is 32.1 Å². The van der Waals surface area contributed by atoms with E-state index < -0.39 is 64.4 Å². The van der Waals surface area contributed by atoms with Gasteiger partial charge in [0.2, 0.25) is 5.91 Å². The second-order valence-electron chi connectivity index (χ2n) is 13.1. The van der Waals surface area contributed by atoms with Gasteiger partial charge in [-0.2, -0.15) is 0 Å². The van der Waals surface area contributed by atoms with Crippen LogP contribution in [0.25, 0.3) is 0 Å². The molecule has 6 atom stereocenters. The quantitative estimate of drug-likeness (QED) is 0.352. The minimum Gasteiger partial charge on any atom is -0.507 e. The number of primary amides is 1. The van der Waals surface area contributed by atoms with E-state index in [2.05, 4.69) is 26.1 Å². The van der Waals surface area contributed by atoms with E-state index in [-0.39, 0.29) is 36.1 Å². The third kappa shape index (κ3) is 4.53. The Balaban J connectivity index is 1.83. The summed E-state index contributed by atoms with van der Waals surface area (Å²) in [7, 11) is 6.77. The van der Waals surface area contributed by atoms with Crippen molar-refractivity contribution >= 4 is 34.7 Å². The molecule has 0 spiro atoms. The number of anilines is 1.